The van der Waals surface area contributed by atoms with E-state index < -0.39 is 0 Å². The van der Waals surface area contributed by atoms with Crippen molar-refractivity contribution in [3.63, 3.8) is 0 Å². The number of nitrogens with zero attached hydrogens (tertiary/aromatic N) is 1. The summed E-state index contributed by atoms with van der Waals surface area (Å²) in [6, 6.07) is 5.11. The minimum Gasteiger partial charge on any atom is -0.381 e. The summed E-state index contributed by atoms with van der Waals surface area (Å²) in [6.07, 6.45) is 2.08. The Morgan fingerprint density at radius 3 is 2.85 bits per heavy atom. The topological polar surface area (TPSA) is 64.4 Å². The Bertz CT molecular complexity index is 475. The maximum Gasteiger partial charge on any atom is 0.275 e. The van der Waals surface area contributed by atoms with Crippen LogP contribution in [0.5, 0.6) is 0 Å². The molecule has 0 aromatic heterocycles. The molecule has 1 aromatic rings. The summed E-state index contributed by atoms with van der Waals surface area (Å²) >= 11 is 5.81. The number of nitro benzene ring substituents is 1. The minimum absolute atomic E-state index is 0.0733. The normalized spacial score (nSPS) is 17.9. The highest BCUT2D eigenvalue weighted by Crippen LogP contribution is 2.24. The lowest BCUT2D eigenvalue weighted by Gasteiger charge is -2.28. The fourth-order valence-electron chi connectivity index (χ4n) is 2.51. The van der Waals surface area contributed by atoms with Crippen molar-refractivity contribution in [3.05, 3.63) is 38.9 Å². The molecular formula is C14H19ClN2O3. The van der Waals surface area contributed by atoms with Crippen molar-refractivity contribution in [2.45, 2.75) is 32.4 Å². The van der Waals surface area contributed by atoms with E-state index in [1.807, 2.05) is 0 Å². The van der Waals surface area contributed by atoms with E-state index in [0.717, 1.165) is 26.1 Å². The third-order valence-electron chi connectivity index (χ3n) is 3.83. The molecule has 1 N–H and O–H groups in total. The van der Waals surface area contributed by atoms with Gasteiger partial charge in [0.25, 0.3) is 5.69 Å². The molecule has 0 radical (unpaired) electrons. The van der Waals surface area contributed by atoms with Gasteiger partial charge in [-0.05, 0) is 37.8 Å². The SMILES string of the molecule is CC(NCc1ccc(Cl)cc1[N+](=O)[O-])C1CCOCC1. The summed E-state index contributed by atoms with van der Waals surface area (Å²) in [5.74, 6) is 0.565. The van der Waals surface area contributed by atoms with E-state index in [4.69, 9.17) is 16.3 Å². The van der Waals surface area contributed by atoms with Crippen LogP contribution in [-0.2, 0) is 11.3 Å². The first-order valence-electron chi connectivity index (χ1n) is 6.82. The average molecular weight is 299 g/mol. The van der Waals surface area contributed by atoms with Crippen LogP contribution >= 0.6 is 11.6 Å². The molecule has 0 bridgehead atoms. The number of ether oxygens (including phenoxy) is 1. The Morgan fingerprint density at radius 2 is 2.20 bits per heavy atom. The zero-order valence-electron chi connectivity index (χ0n) is 11.5. The molecule has 1 unspecified atom stereocenters. The van der Waals surface area contributed by atoms with Gasteiger partial charge in [0.05, 0.1) is 4.92 Å². The number of nitrogens with one attached hydrogen (secondary N) is 1. The highest BCUT2D eigenvalue weighted by molar-refractivity contribution is 6.30. The Kier molecular flexibility index (Phi) is 5.34. The highest BCUT2D eigenvalue weighted by atomic mass is 35.5. The molecule has 0 spiro atoms. The van der Waals surface area contributed by atoms with Crippen LogP contribution in [0.15, 0.2) is 18.2 Å². The third-order valence-corrected chi connectivity index (χ3v) is 4.07. The molecule has 5 nitrogen and oxygen atoms in total. The van der Waals surface area contributed by atoms with Crippen LogP contribution in [0.3, 0.4) is 0 Å². The van der Waals surface area contributed by atoms with Gasteiger partial charge < -0.3 is 10.1 Å². The van der Waals surface area contributed by atoms with E-state index in [9.17, 15) is 10.1 Å². The van der Waals surface area contributed by atoms with Crippen LogP contribution in [0.4, 0.5) is 5.69 Å². The van der Waals surface area contributed by atoms with Gasteiger partial charge in [0.15, 0.2) is 0 Å². The van der Waals surface area contributed by atoms with E-state index in [2.05, 4.69) is 12.2 Å². The number of halogens is 1. The van der Waals surface area contributed by atoms with Crippen molar-refractivity contribution in [2.24, 2.45) is 5.92 Å². The minimum atomic E-state index is -0.387. The van der Waals surface area contributed by atoms with Gasteiger partial charge in [-0.3, -0.25) is 10.1 Å². The Hall–Kier alpha value is -1.17. The van der Waals surface area contributed by atoms with Crippen LogP contribution in [-0.4, -0.2) is 24.2 Å². The molecular weight excluding hydrogens is 280 g/mol. The van der Waals surface area contributed by atoms with E-state index in [0.29, 0.717) is 29.1 Å². The molecule has 6 heteroatoms. The third kappa shape index (κ3) is 3.91. The monoisotopic (exact) mass is 298 g/mol. The van der Waals surface area contributed by atoms with Crippen LogP contribution in [0.25, 0.3) is 0 Å². The van der Waals surface area contributed by atoms with Crippen molar-refractivity contribution in [3.8, 4) is 0 Å². The van der Waals surface area contributed by atoms with Crippen molar-refractivity contribution < 1.29 is 9.66 Å². The van der Waals surface area contributed by atoms with E-state index in [-0.39, 0.29) is 10.6 Å². The molecule has 0 aliphatic carbocycles. The number of benzene rings is 1. The van der Waals surface area contributed by atoms with Crippen molar-refractivity contribution in [2.75, 3.05) is 13.2 Å². The molecule has 1 heterocycles. The number of nitro groups is 1. The second-order valence-corrected chi connectivity index (χ2v) is 5.59. The molecule has 1 fully saturated rings. The van der Waals surface area contributed by atoms with Crippen LogP contribution in [0.2, 0.25) is 5.02 Å². The number of hydrogen-bond donors (Lipinski definition) is 1. The maximum atomic E-state index is 11.0. The fraction of sp³-hybridized carbons (Fsp3) is 0.571. The summed E-state index contributed by atoms with van der Waals surface area (Å²) in [5.41, 5.74) is 0.738. The van der Waals surface area contributed by atoms with Gasteiger partial charge in [-0.2, -0.15) is 0 Å². The quantitative estimate of drug-likeness (QED) is 0.670. The average Bonchev–Trinajstić information content (AvgIpc) is 2.46. The molecule has 1 atom stereocenters. The van der Waals surface area contributed by atoms with Crippen LogP contribution in [0, 0.1) is 16.0 Å². The number of hydrogen-bond acceptors (Lipinski definition) is 4. The summed E-state index contributed by atoms with van der Waals surface area (Å²) < 4.78 is 5.34. The molecule has 1 aliphatic heterocycles. The van der Waals surface area contributed by atoms with Gasteiger partial charge in [-0.1, -0.05) is 11.6 Å². The lowest BCUT2D eigenvalue weighted by molar-refractivity contribution is -0.385. The molecule has 1 aliphatic rings. The summed E-state index contributed by atoms with van der Waals surface area (Å²) in [6.45, 7) is 4.21. The lowest BCUT2D eigenvalue weighted by Crippen LogP contribution is -2.36. The Morgan fingerprint density at radius 1 is 1.50 bits per heavy atom. The standard InChI is InChI=1S/C14H19ClN2O3/c1-10(11-4-6-20-7-5-11)16-9-12-2-3-13(15)8-14(12)17(18)19/h2-3,8,10-11,16H,4-7,9H2,1H3. The summed E-state index contributed by atoms with van der Waals surface area (Å²) in [4.78, 5) is 10.6. The first-order valence-corrected chi connectivity index (χ1v) is 7.19. The lowest BCUT2D eigenvalue weighted by atomic mass is 9.93. The fourth-order valence-corrected chi connectivity index (χ4v) is 2.68. The summed E-state index contributed by atoms with van der Waals surface area (Å²) in [5, 5.41) is 14.8. The van der Waals surface area contributed by atoms with Crippen molar-refractivity contribution in [1.82, 2.24) is 5.32 Å². The Balaban J connectivity index is 1.97. The van der Waals surface area contributed by atoms with Gasteiger partial charge in [-0.25, -0.2) is 0 Å². The zero-order chi connectivity index (χ0) is 14.5. The first-order chi connectivity index (χ1) is 9.58. The predicted molar refractivity (Wildman–Crippen MR) is 78.0 cm³/mol. The molecule has 2 rings (SSSR count). The van der Waals surface area contributed by atoms with Crippen molar-refractivity contribution in [1.29, 1.82) is 0 Å². The Labute approximate surface area is 123 Å². The zero-order valence-corrected chi connectivity index (χ0v) is 12.2. The molecule has 1 aromatic carbocycles. The van der Waals surface area contributed by atoms with E-state index >= 15 is 0 Å². The second kappa shape index (κ2) is 7.02. The predicted octanol–water partition coefficient (Wildman–Crippen LogP) is 3.15. The van der Waals surface area contributed by atoms with E-state index in [1.165, 1.54) is 6.07 Å². The van der Waals surface area contributed by atoms with E-state index in [1.54, 1.807) is 12.1 Å². The second-order valence-electron chi connectivity index (χ2n) is 5.15. The summed E-state index contributed by atoms with van der Waals surface area (Å²) in [7, 11) is 0. The number of rotatable bonds is 5. The molecule has 20 heavy (non-hydrogen) atoms. The smallest absolute Gasteiger partial charge is 0.275 e. The maximum absolute atomic E-state index is 11.0. The van der Waals surface area contributed by atoms with Crippen molar-refractivity contribution >= 4 is 17.3 Å². The van der Waals surface area contributed by atoms with Crippen LogP contribution < -0.4 is 5.32 Å². The largest absolute Gasteiger partial charge is 0.381 e. The van der Waals surface area contributed by atoms with Gasteiger partial charge in [0, 0.05) is 42.5 Å². The van der Waals surface area contributed by atoms with Gasteiger partial charge in [0.2, 0.25) is 0 Å². The highest BCUT2D eigenvalue weighted by Gasteiger charge is 2.21. The first kappa shape index (κ1) is 15.2. The van der Waals surface area contributed by atoms with Gasteiger partial charge in [0.1, 0.15) is 0 Å². The molecule has 0 saturated carbocycles. The molecule has 110 valence electrons. The molecule has 0 amide bonds. The van der Waals surface area contributed by atoms with Gasteiger partial charge >= 0.3 is 0 Å². The van der Waals surface area contributed by atoms with Gasteiger partial charge in [-0.15, -0.1) is 0 Å². The molecule has 1 saturated heterocycles. The van der Waals surface area contributed by atoms with Crippen LogP contribution in [0.1, 0.15) is 25.3 Å².